The van der Waals surface area contributed by atoms with Gasteiger partial charge in [0.1, 0.15) is 39.5 Å². The van der Waals surface area contributed by atoms with Crippen molar-refractivity contribution in [1.29, 1.82) is 5.26 Å². The Morgan fingerprint density at radius 1 is 1.19 bits per heavy atom. The first-order chi connectivity index (χ1) is 17.5. The van der Waals surface area contributed by atoms with Gasteiger partial charge in [-0.1, -0.05) is 35.3 Å². The van der Waals surface area contributed by atoms with Crippen molar-refractivity contribution in [2.75, 3.05) is 0 Å². The highest BCUT2D eigenvalue weighted by atomic mass is 35.5. The molecule has 7 nitrogen and oxygen atoms in total. The molecule has 0 N–H and O–H groups in total. The van der Waals surface area contributed by atoms with E-state index in [1.54, 1.807) is 24.0 Å². The summed E-state index contributed by atoms with van der Waals surface area (Å²) in [6, 6.07) is 12.7. The first-order valence-corrected chi connectivity index (χ1v) is 12.4. The van der Waals surface area contributed by atoms with Gasteiger partial charge in [0.05, 0.1) is 17.1 Å². The second kappa shape index (κ2) is 10.1. The molecule has 0 fully saturated rings. The van der Waals surface area contributed by atoms with E-state index < -0.39 is 0 Å². The average molecular weight is 534 g/mol. The van der Waals surface area contributed by atoms with Crippen LogP contribution in [0.15, 0.2) is 65.3 Å². The molecule has 10 heteroatoms. The number of aryl methyl sites for hydroxylation is 1. The topological polar surface area (TPSA) is 93.7 Å². The highest BCUT2D eigenvalue weighted by molar-refractivity contribution is 7.14. The molecule has 4 heterocycles. The number of hydrogen-bond donors (Lipinski definition) is 0. The summed E-state index contributed by atoms with van der Waals surface area (Å²) in [5.41, 5.74) is 5.87. The highest BCUT2D eigenvalue weighted by Gasteiger charge is 2.16. The maximum atomic E-state index is 12.5. The van der Waals surface area contributed by atoms with Gasteiger partial charge in [-0.25, -0.2) is 9.97 Å². The molecule has 5 rings (SSSR count). The number of thiazole rings is 1. The Morgan fingerprint density at radius 2 is 2.06 bits per heavy atom. The zero-order chi connectivity index (χ0) is 25.2. The Bertz CT molecular complexity index is 1710. The van der Waals surface area contributed by atoms with Crippen molar-refractivity contribution < 1.29 is 4.74 Å². The summed E-state index contributed by atoms with van der Waals surface area (Å²) in [7, 11) is 0. The van der Waals surface area contributed by atoms with Gasteiger partial charge in [-0.15, -0.1) is 11.3 Å². The van der Waals surface area contributed by atoms with Crippen LogP contribution in [0.4, 0.5) is 0 Å². The molecule has 0 amide bonds. The van der Waals surface area contributed by atoms with Gasteiger partial charge >= 0.3 is 0 Å². The summed E-state index contributed by atoms with van der Waals surface area (Å²) in [6.45, 7) is 2.23. The SMILES string of the molecule is Cc1cc(-c2ncsc2Cl)c2cccc(OCc3c(Cl)cncc3Cn3cccc(C#N)c3=O)c2n1. The van der Waals surface area contributed by atoms with Crippen LogP contribution in [-0.4, -0.2) is 19.5 Å². The summed E-state index contributed by atoms with van der Waals surface area (Å²) in [4.78, 5) is 25.9. The molecule has 1 aromatic carbocycles. The number of benzene rings is 1. The molecule has 0 saturated carbocycles. The van der Waals surface area contributed by atoms with Gasteiger partial charge < -0.3 is 9.30 Å². The number of nitrogens with zero attached hydrogens (tertiary/aromatic N) is 5. The third kappa shape index (κ3) is 4.56. The fourth-order valence-electron chi connectivity index (χ4n) is 3.95. The second-order valence-corrected chi connectivity index (χ2v) is 9.82. The molecule has 0 aliphatic heterocycles. The van der Waals surface area contributed by atoms with Gasteiger partial charge in [-0.3, -0.25) is 9.78 Å². The van der Waals surface area contributed by atoms with E-state index in [2.05, 4.69) is 9.97 Å². The molecule has 0 radical (unpaired) electrons. The number of aromatic nitrogens is 4. The lowest BCUT2D eigenvalue weighted by atomic mass is 10.0. The van der Waals surface area contributed by atoms with E-state index in [9.17, 15) is 10.1 Å². The van der Waals surface area contributed by atoms with Crippen LogP contribution in [0.1, 0.15) is 22.4 Å². The summed E-state index contributed by atoms with van der Waals surface area (Å²) >= 11 is 14.2. The van der Waals surface area contributed by atoms with E-state index in [-0.39, 0.29) is 24.3 Å². The Morgan fingerprint density at radius 3 is 2.83 bits per heavy atom. The fraction of sp³-hybridized carbons (Fsp3) is 0.115. The van der Waals surface area contributed by atoms with Gasteiger partial charge in [-0.2, -0.15) is 5.26 Å². The number of halogens is 2. The van der Waals surface area contributed by atoms with Crippen LogP contribution >= 0.6 is 34.5 Å². The molecule has 0 atom stereocenters. The summed E-state index contributed by atoms with van der Waals surface area (Å²) in [5, 5.41) is 10.5. The quantitative estimate of drug-likeness (QED) is 0.264. The number of rotatable bonds is 6. The van der Waals surface area contributed by atoms with E-state index in [1.807, 2.05) is 37.3 Å². The van der Waals surface area contributed by atoms with Crippen molar-refractivity contribution in [3.8, 4) is 23.1 Å². The van der Waals surface area contributed by atoms with Crippen molar-refractivity contribution in [2.24, 2.45) is 0 Å². The molecule has 4 aromatic heterocycles. The monoisotopic (exact) mass is 533 g/mol. The Kier molecular flexibility index (Phi) is 6.70. The minimum Gasteiger partial charge on any atom is -0.487 e. The van der Waals surface area contributed by atoms with E-state index in [0.717, 1.165) is 16.6 Å². The van der Waals surface area contributed by atoms with Crippen molar-refractivity contribution in [1.82, 2.24) is 19.5 Å². The van der Waals surface area contributed by atoms with Crippen LogP contribution in [0.25, 0.3) is 22.2 Å². The Balaban J connectivity index is 1.51. The number of pyridine rings is 3. The molecular formula is C26H17Cl2N5O2S. The molecule has 36 heavy (non-hydrogen) atoms. The highest BCUT2D eigenvalue weighted by Crippen LogP contribution is 2.37. The Labute approximate surface area is 220 Å². The molecule has 178 valence electrons. The number of nitriles is 1. The zero-order valence-corrected chi connectivity index (χ0v) is 21.2. The maximum Gasteiger partial charge on any atom is 0.268 e. The lowest BCUT2D eigenvalue weighted by molar-refractivity contribution is 0.307. The number of para-hydroxylation sites is 1. The number of ether oxygens (including phenoxy) is 1. The third-order valence-corrected chi connectivity index (χ3v) is 7.04. The van der Waals surface area contributed by atoms with Crippen LogP contribution in [0.2, 0.25) is 9.36 Å². The first-order valence-electron chi connectivity index (χ1n) is 10.8. The number of hydrogen-bond acceptors (Lipinski definition) is 7. The predicted octanol–water partition coefficient (Wildman–Crippen LogP) is 6.03. The molecular weight excluding hydrogens is 517 g/mol. The van der Waals surface area contributed by atoms with Crippen molar-refractivity contribution in [3.05, 3.63) is 103 Å². The summed E-state index contributed by atoms with van der Waals surface area (Å²) in [5.74, 6) is 0.575. The molecule has 5 aromatic rings. The normalized spacial score (nSPS) is 10.9. The second-order valence-electron chi connectivity index (χ2n) is 7.95. The van der Waals surface area contributed by atoms with E-state index in [4.69, 9.17) is 32.9 Å². The Hall–Kier alpha value is -3.77. The molecule has 0 saturated heterocycles. The smallest absolute Gasteiger partial charge is 0.268 e. The van der Waals surface area contributed by atoms with Gasteiger partial charge in [0.25, 0.3) is 5.56 Å². The lowest BCUT2D eigenvalue weighted by Crippen LogP contribution is -2.23. The van der Waals surface area contributed by atoms with Gasteiger partial charge in [0.15, 0.2) is 0 Å². The molecule has 0 unspecified atom stereocenters. The average Bonchev–Trinajstić information content (AvgIpc) is 3.30. The maximum absolute atomic E-state index is 12.5. The minimum atomic E-state index is -0.381. The molecule has 0 aliphatic rings. The first kappa shape index (κ1) is 23.9. The van der Waals surface area contributed by atoms with Crippen LogP contribution in [0, 0.1) is 18.3 Å². The largest absolute Gasteiger partial charge is 0.487 e. The van der Waals surface area contributed by atoms with Crippen molar-refractivity contribution in [2.45, 2.75) is 20.1 Å². The minimum absolute atomic E-state index is 0.0681. The summed E-state index contributed by atoms with van der Waals surface area (Å²) in [6.07, 6.45) is 4.80. The van der Waals surface area contributed by atoms with Crippen LogP contribution in [0.3, 0.4) is 0 Å². The summed E-state index contributed by atoms with van der Waals surface area (Å²) < 4.78 is 8.29. The van der Waals surface area contributed by atoms with E-state index >= 15 is 0 Å². The third-order valence-electron chi connectivity index (χ3n) is 5.66. The molecule has 0 aliphatic carbocycles. The molecule has 0 bridgehead atoms. The van der Waals surface area contributed by atoms with Gasteiger partial charge in [-0.05, 0) is 36.8 Å². The van der Waals surface area contributed by atoms with Crippen molar-refractivity contribution >= 4 is 45.4 Å². The zero-order valence-electron chi connectivity index (χ0n) is 18.9. The number of fused-ring (bicyclic) bond motifs is 1. The lowest BCUT2D eigenvalue weighted by Gasteiger charge is -2.15. The van der Waals surface area contributed by atoms with Crippen LogP contribution in [-0.2, 0) is 13.2 Å². The predicted molar refractivity (Wildman–Crippen MR) is 141 cm³/mol. The van der Waals surface area contributed by atoms with Crippen LogP contribution < -0.4 is 10.3 Å². The fourth-order valence-corrected chi connectivity index (χ4v) is 4.98. The van der Waals surface area contributed by atoms with E-state index in [1.165, 1.54) is 28.2 Å². The molecule has 0 spiro atoms. The van der Waals surface area contributed by atoms with E-state index in [0.29, 0.717) is 37.4 Å². The van der Waals surface area contributed by atoms with Crippen molar-refractivity contribution in [3.63, 3.8) is 0 Å². The van der Waals surface area contributed by atoms with Crippen LogP contribution in [0.5, 0.6) is 5.75 Å². The van der Waals surface area contributed by atoms with Gasteiger partial charge in [0, 0.05) is 40.8 Å². The standard InChI is InChI=1S/C26H17Cl2N5O2S/c1-15-8-19(24-25(28)36-14-31-24)18-5-2-6-22(23(18)32-15)35-13-20-17(10-30-11-21(20)27)12-33-7-3-4-16(9-29)26(33)34/h2-8,10-11,14H,12-13H2,1H3. The van der Waals surface area contributed by atoms with Gasteiger partial charge in [0.2, 0.25) is 0 Å².